The van der Waals surface area contributed by atoms with Crippen molar-refractivity contribution >= 4 is 22.7 Å². The fraction of sp³-hybridized carbons (Fsp3) is 0.0909. The van der Waals surface area contributed by atoms with Crippen LogP contribution < -0.4 is 4.72 Å². The zero-order valence-corrected chi connectivity index (χ0v) is 8.27. The lowest BCUT2D eigenvalue weighted by atomic mass is 10.1. The average molecular weight is 189 g/mol. The summed E-state index contributed by atoms with van der Waals surface area (Å²) in [6.07, 6.45) is 0. The van der Waals surface area contributed by atoms with E-state index in [2.05, 4.69) is 47.2 Å². The zero-order valence-electron chi connectivity index (χ0n) is 7.45. The first kappa shape index (κ1) is 8.60. The first-order chi connectivity index (χ1) is 6.40. The van der Waals surface area contributed by atoms with Gasteiger partial charge in [-0.05, 0) is 41.9 Å². The first-order valence-corrected chi connectivity index (χ1v) is 5.04. The molecule has 2 aromatic carbocycles. The summed E-state index contributed by atoms with van der Waals surface area (Å²) in [7, 11) is 1.93. The third kappa shape index (κ3) is 1.85. The van der Waals surface area contributed by atoms with Crippen LogP contribution >= 0.6 is 11.9 Å². The van der Waals surface area contributed by atoms with Crippen LogP contribution in [0, 0.1) is 0 Å². The van der Waals surface area contributed by atoms with E-state index in [1.165, 1.54) is 15.7 Å². The minimum absolute atomic E-state index is 1.25. The van der Waals surface area contributed by atoms with Gasteiger partial charge in [0, 0.05) is 4.90 Å². The molecule has 0 spiro atoms. The standard InChI is InChI=1S/C11H11NS/c1-12-13-11-7-6-9-4-2-3-5-10(9)8-11/h2-8,12H,1H3. The Morgan fingerprint density at radius 2 is 1.77 bits per heavy atom. The average Bonchev–Trinajstić information content (AvgIpc) is 2.18. The summed E-state index contributed by atoms with van der Waals surface area (Å²) in [5.41, 5.74) is 0. The Hall–Kier alpha value is -0.990. The molecule has 2 rings (SSSR count). The van der Waals surface area contributed by atoms with Gasteiger partial charge in [-0.15, -0.1) is 0 Å². The Morgan fingerprint density at radius 3 is 2.54 bits per heavy atom. The molecule has 0 saturated carbocycles. The Kier molecular flexibility index (Phi) is 2.52. The van der Waals surface area contributed by atoms with E-state index >= 15 is 0 Å². The molecule has 0 amide bonds. The van der Waals surface area contributed by atoms with Crippen LogP contribution in [0.15, 0.2) is 47.4 Å². The van der Waals surface area contributed by atoms with Gasteiger partial charge in [0.1, 0.15) is 0 Å². The van der Waals surface area contributed by atoms with Crippen molar-refractivity contribution in [3.8, 4) is 0 Å². The summed E-state index contributed by atoms with van der Waals surface area (Å²) in [5.74, 6) is 0. The highest BCUT2D eigenvalue weighted by atomic mass is 32.2. The maximum Gasteiger partial charge on any atom is 0.0234 e. The summed E-state index contributed by atoms with van der Waals surface area (Å²) in [6, 6.07) is 14.9. The zero-order chi connectivity index (χ0) is 9.10. The fourth-order valence-electron chi connectivity index (χ4n) is 1.35. The van der Waals surface area contributed by atoms with Crippen LogP contribution in [-0.4, -0.2) is 7.05 Å². The quantitative estimate of drug-likeness (QED) is 0.729. The summed E-state index contributed by atoms with van der Waals surface area (Å²) in [6.45, 7) is 0. The van der Waals surface area contributed by atoms with Crippen LogP contribution in [0.1, 0.15) is 0 Å². The van der Waals surface area contributed by atoms with Crippen molar-refractivity contribution < 1.29 is 0 Å². The van der Waals surface area contributed by atoms with E-state index in [4.69, 9.17) is 0 Å². The summed E-state index contributed by atoms with van der Waals surface area (Å²) < 4.78 is 3.07. The number of nitrogens with one attached hydrogen (secondary N) is 1. The van der Waals surface area contributed by atoms with Crippen LogP contribution in [0.25, 0.3) is 10.8 Å². The summed E-state index contributed by atoms with van der Waals surface area (Å²) >= 11 is 1.64. The fourth-order valence-corrected chi connectivity index (χ4v) is 1.91. The first-order valence-electron chi connectivity index (χ1n) is 4.22. The number of hydrogen-bond acceptors (Lipinski definition) is 2. The topological polar surface area (TPSA) is 12.0 Å². The Balaban J connectivity index is 2.49. The van der Waals surface area contributed by atoms with Crippen molar-refractivity contribution in [2.75, 3.05) is 7.05 Å². The maximum absolute atomic E-state index is 3.07. The molecule has 0 atom stereocenters. The highest BCUT2D eigenvalue weighted by Crippen LogP contribution is 2.20. The van der Waals surface area contributed by atoms with Gasteiger partial charge in [0.05, 0.1) is 0 Å². The molecule has 0 aliphatic heterocycles. The van der Waals surface area contributed by atoms with Gasteiger partial charge in [0.2, 0.25) is 0 Å². The van der Waals surface area contributed by atoms with Gasteiger partial charge in [-0.1, -0.05) is 30.3 Å². The Morgan fingerprint density at radius 1 is 1.00 bits per heavy atom. The lowest BCUT2D eigenvalue weighted by Crippen LogP contribution is -1.89. The molecule has 0 aliphatic carbocycles. The van der Waals surface area contributed by atoms with Crippen molar-refractivity contribution in [3.05, 3.63) is 42.5 Å². The molecule has 0 radical (unpaired) electrons. The van der Waals surface area contributed by atoms with Crippen molar-refractivity contribution in [2.45, 2.75) is 4.90 Å². The maximum atomic E-state index is 3.07. The molecule has 2 heteroatoms. The molecular weight excluding hydrogens is 178 g/mol. The predicted octanol–water partition coefficient (Wildman–Crippen LogP) is 3.07. The third-order valence-electron chi connectivity index (χ3n) is 1.94. The van der Waals surface area contributed by atoms with Crippen LogP contribution in [0.5, 0.6) is 0 Å². The third-order valence-corrected chi connectivity index (χ3v) is 2.63. The highest BCUT2D eigenvalue weighted by molar-refractivity contribution is 7.97. The molecule has 66 valence electrons. The van der Waals surface area contributed by atoms with E-state index in [-0.39, 0.29) is 0 Å². The molecule has 0 aliphatic rings. The van der Waals surface area contributed by atoms with E-state index in [0.29, 0.717) is 0 Å². The second kappa shape index (κ2) is 3.81. The van der Waals surface area contributed by atoms with E-state index in [1.807, 2.05) is 7.05 Å². The van der Waals surface area contributed by atoms with Gasteiger partial charge in [-0.2, -0.15) is 0 Å². The van der Waals surface area contributed by atoms with Crippen molar-refractivity contribution in [1.29, 1.82) is 0 Å². The molecule has 0 fully saturated rings. The minimum Gasteiger partial charge on any atom is -0.263 e. The molecule has 0 aromatic heterocycles. The van der Waals surface area contributed by atoms with E-state index in [1.54, 1.807) is 11.9 Å². The van der Waals surface area contributed by atoms with Crippen LogP contribution in [0.2, 0.25) is 0 Å². The SMILES string of the molecule is CNSc1ccc2ccccc2c1. The number of benzene rings is 2. The molecule has 1 N–H and O–H groups in total. The highest BCUT2D eigenvalue weighted by Gasteiger charge is 1.94. The van der Waals surface area contributed by atoms with Crippen molar-refractivity contribution in [3.63, 3.8) is 0 Å². The monoisotopic (exact) mass is 189 g/mol. The van der Waals surface area contributed by atoms with Gasteiger partial charge >= 0.3 is 0 Å². The lowest BCUT2D eigenvalue weighted by Gasteiger charge is -2.01. The van der Waals surface area contributed by atoms with Gasteiger partial charge in [-0.25, -0.2) is 0 Å². The van der Waals surface area contributed by atoms with E-state index in [0.717, 1.165) is 0 Å². The van der Waals surface area contributed by atoms with Crippen LogP contribution in [0.4, 0.5) is 0 Å². The molecule has 0 bridgehead atoms. The van der Waals surface area contributed by atoms with Gasteiger partial charge < -0.3 is 0 Å². The lowest BCUT2D eigenvalue weighted by molar-refractivity contribution is 1.28. The smallest absolute Gasteiger partial charge is 0.0234 e. The Labute approximate surface area is 82.3 Å². The number of fused-ring (bicyclic) bond motifs is 1. The second-order valence-electron chi connectivity index (χ2n) is 2.82. The van der Waals surface area contributed by atoms with E-state index < -0.39 is 0 Å². The van der Waals surface area contributed by atoms with Crippen molar-refractivity contribution in [2.24, 2.45) is 0 Å². The van der Waals surface area contributed by atoms with Crippen LogP contribution in [0.3, 0.4) is 0 Å². The number of rotatable bonds is 2. The number of hydrogen-bond donors (Lipinski definition) is 1. The van der Waals surface area contributed by atoms with Crippen LogP contribution in [-0.2, 0) is 0 Å². The van der Waals surface area contributed by atoms with Gasteiger partial charge in [0.15, 0.2) is 0 Å². The minimum atomic E-state index is 1.25. The molecule has 2 aromatic rings. The normalized spacial score (nSPS) is 10.5. The second-order valence-corrected chi connectivity index (χ2v) is 3.90. The molecule has 0 heterocycles. The van der Waals surface area contributed by atoms with Gasteiger partial charge in [-0.3, -0.25) is 4.72 Å². The molecule has 0 saturated heterocycles. The predicted molar refractivity (Wildman–Crippen MR) is 58.9 cm³/mol. The molecule has 0 unspecified atom stereocenters. The molecular formula is C11H11NS. The summed E-state index contributed by atoms with van der Waals surface area (Å²) in [4.78, 5) is 1.25. The Bertz CT molecular complexity index is 412. The largest absolute Gasteiger partial charge is 0.263 e. The molecule has 1 nitrogen and oxygen atoms in total. The molecule has 13 heavy (non-hydrogen) atoms. The van der Waals surface area contributed by atoms with E-state index in [9.17, 15) is 0 Å². The van der Waals surface area contributed by atoms with Crippen molar-refractivity contribution in [1.82, 2.24) is 4.72 Å². The van der Waals surface area contributed by atoms with Gasteiger partial charge in [0.25, 0.3) is 0 Å². The summed E-state index contributed by atoms with van der Waals surface area (Å²) in [5, 5.41) is 2.59.